The third-order valence-electron chi connectivity index (χ3n) is 3.26. The molecule has 1 heterocycles. The lowest BCUT2D eigenvalue weighted by molar-refractivity contribution is 0.661. The molecule has 86 valence electrons. The van der Waals surface area contributed by atoms with Gasteiger partial charge in [0, 0.05) is 35.6 Å². The second-order valence-electron chi connectivity index (χ2n) is 4.51. The smallest absolute Gasteiger partial charge is 0.0482 e. The quantitative estimate of drug-likeness (QED) is 0.840. The van der Waals surface area contributed by atoms with E-state index in [9.17, 15) is 0 Å². The molecule has 0 radical (unpaired) electrons. The topological polar surface area (TPSA) is 30.9 Å². The minimum Gasteiger partial charge on any atom is -0.345 e. The largest absolute Gasteiger partial charge is 0.345 e. The van der Waals surface area contributed by atoms with Gasteiger partial charge in [0.05, 0.1) is 0 Å². The summed E-state index contributed by atoms with van der Waals surface area (Å²) in [5.41, 5.74) is 9.75. The van der Waals surface area contributed by atoms with Gasteiger partial charge in [-0.2, -0.15) is 0 Å². The molecular weight excluding hydrogens is 196 g/mol. The maximum atomic E-state index is 5.77. The maximum absolute atomic E-state index is 5.77. The molecule has 0 aliphatic rings. The Morgan fingerprint density at radius 1 is 1.31 bits per heavy atom. The number of nitrogens with two attached hydrogens (primary N) is 1. The zero-order chi connectivity index (χ0) is 11.7. The Morgan fingerprint density at radius 3 is 2.69 bits per heavy atom. The van der Waals surface area contributed by atoms with E-state index in [1.54, 1.807) is 0 Å². The third-order valence-corrected chi connectivity index (χ3v) is 3.26. The number of nitrogens with zero attached hydrogens (tertiary/aromatic N) is 1. The van der Waals surface area contributed by atoms with Crippen LogP contribution in [-0.4, -0.2) is 11.1 Å². The van der Waals surface area contributed by atoms with E-state index < -0.39 is 0 Å². The monoisotopic (exact) mass is 216 g/mol. The van der Waals surface area contributed by atoms with Crippen LogP contribution < -0.4 is 5.73 Å². The Morgan fingerprint density at radius 2 is 2.06 bits per heavy atom. The van der Waals surface area contributed by atoms with Gasteiger partial charge in [0.25, 0.3) is 0 Å². The van der Waals surface area contributed by atoms with Crippen molar-refractivity contribution in [1.29, 1.82) is 0 Å². The Kier molecular flexibility index (Phi) is 3.01. The number of fused-ring (bicyclic) bond motifs is 1. The van der Waals surface area contributed by atoms with Gasteiger partial charge in [0.2, 0.25) is 0 Å². The highest BCUT2D eigenvalue weighted by Crippen LogP contribution is 2.25. The van der Waals surface area contributed by atoms with E-state index in [-0.39, 0.29) is 0 Å². The Bertz CT molecular complexity index is 497. The van der Waals surface area contributed by atoms with Gasteiger partial charge < -0.3 is 10.3 Å². The van der Waals surface area contributed by atoms with E-state index in [1.165, 1.54) is 22.2 Å². The first kappa shape index (κ1) is 11.2. The van der Waals surface area contributed by atoms with E-state index in [2.05, 4.69) is 49.6 Å². The normalized spacial score (nSPS) is 13.2. The van der Waals surface area contributed by atoms with Gasteiger partial charge in [-0.1, -0.05) is 18.6 Å². The molecule has 2 rings (SSSR count). The molecule has 16 heavy (non-hydrogen) atoms. The van der Waals surface area contributed by atoms with Crippen LogP contribution in [-0.2, 0) is 6.54 Å². The molecule has 0 spiro atoms. The molecule has 1 aromatic carbocycles. The summed E-state index contributed by atoms with van der Waals surface area (Å²) in [6, 6.07) is 8.91. The van der Waals surface area contributed by atoms with Gasteiger partial charge in [0.1, 0.15) is 0 Å². The zero-order valence-corrected chi connectivity index (χ0v) is 10.3. The lowest BCUT2D eigenvalue weighted by Crippen LogP contribution is -2.13. The fourth-order valence-corrected chi connectivity index (χ4v) is 2.29. The molecule has 2 nitrogen and oxygen atoms in total. The third kappa shape index (κ3) is 1.74. The highest BCUT2D eigenvalue weighted by atomic mass is 15.0. The predicted octanol–water partition coefficient (Wildman–Crippen LogP) is 3.03. The summed E-state index contributed by atoms with van der Waals surface area (Å²) in [6.45, 7) is 8.22. The van der Waals surface area contributed by atoms with Crippen molar-refractivity contribution in [2.24, 2.45) is 5.73 Å². The summed E-state index contributed by atoms with van der Waals surface area (Å²) in [4.78, 5) is 0. The maximum Gasteiger partial charge on any atom is 0.0482 e. The summed E-state index contributed by atoms with van der Waals surface area (Å²) < 4.78 is 2.37. The van der Waals surface area contributed by atoms with Crippen molar-refractivity contribution in [2.75, 3.05) is 6.54 Å². The number of aromatic nitrogens is 1. The molecule has 1 unspecified atom stereocenters. The Balaban J connectivity index is 2.65. The van der Waals surface area contributed by atoms with Crippen molar-refractivity contribution in [3.05, 3.63) is 35.5 Å². The fraction of sp³-hybridized carbons (Fsp3) is 0.429. The van der Waals surface area contributed by atoms with Gasteiger partial charge in [-0.25, -0.2) is 0 Å². The molecule has 0 aliphatic heterocycles. The van der Waals surface area contributed by atoms with E-state index in [0.29, 0.717) is 12.5 Å². The summed E-state index contributed by atoms with van der Waals surface area (Å²) in [5.74, 6) is 0.424. The van der Waals surface area contributed by atoms with Crippen LogP contribution in [0, 0.1) is 6.92 Å². The average molecular weight is 216 g/mol. The molecule has 0 aliphatic carbocycles. The van der Waals surface area contributed by atoms with Crippen LogP contribution in [0.25, 0.3) is 10.9 Å². The van der Waals surface area contributed by atoms with E-state index in [1.807, 2.05) is 0 Å². The summed E-state index contributed by atoms with van der Waals surface area (Å²) in [6.07, 6.45) is 0. The van der Waals surface area contributed by atoms with Crippen molar-refractivity contribution < 1.29 is 0 Å². The van der Waals surface area contributed by atoms with E-state index in [4.69, 9.17) is 5.73 Å². The molecule has 0 saturated heterocycles. The second kappa shape index (κ2) is 4.30. The number of hydrogen-bond acceptors (Lipinski definition) is 1. The molecule has 0 bridgehead atoms. The lowest BCUT2D eigenvalue weighted by Gasteiger charge is -2.12. The molecule has 2 aromatic rings. The standard InChI is InChI=1S/C14H20N2/c1-4-16-13-6-5-10(2)7-12(13)8-14(16)11(3)9-15/h5-8,11H,4,9,15H2,1-3H3. The molecule has 0 fully saturated rings. The van der Waals surface area contributed by atoms with Crippen molar-refractivity contribution in [2.45, 2.75) is 33.2 Å². The molecule has 0 saturated carbocycles. The highest BCUT2D eigenvalue weighted by Gasteiger charge is 2.12. The zero-order valence-electron chi connectivity index (χ0n) is 10.3. The van der Waals surface area contributed by atoms with Crippen molar-refractivity contribution in [1.82, 2.24) is 4.57 Å². The van der Waals surface area contributed by atoms with Gasteiger partial charge in [-0.15, -0.1) is 0 Å². The number of aryl methyl sites for hydroxylation is 2. The van der Waals surface area contributed by atoms with Crippen molar-refractivity contribution in [3.63, 3.8) is 0 Å². The first-order chi connectivity index (χ1) is 7.67. The number of rotatable bonds is 3. The highest BCUT2D eigenvalue weighted by molar-refractivity contribution is 5.82. The predicted molar refractivity (Wildman–Crippen MR) is 69.8 cm³/mol. The van der Waals surface area contributed by atoms with Crippen molar-refractivity contribution >= 4 is 10.9 Å². The van der Waals surface area contributed by atoms with Crippen LogP contribution in [0.1, 0.15) is 31.0 Å². The van der Waals surface area contributed by atoms with Gasteiger partial charge in [-0.3, -0.25) is 0 Å². The van der Waals surface area contributed by atoms with Crippen LogP contribution in [0.15, 0.2) is 24.3 Å². The molecule has 2 N–H and O–H groups in total. The SMILES string of the molecule is CCn1c(C(C)CN)cc2cc(C)ccc21. The summed E-state index contributed by atoms with van der Waals surface area (Å²) >= 11 is 0. The summed E-state index contributed by atoms with van der Waals surface area (Å²) in [7, 11) is 0. The van der Waals surface area contributed by atoms with E-state index >= 15 is 0 Å². The first-order valence-corrected chi connectivity index (χ1v) is 5.97. The van der Waals surface area contributed by atoms with Crippen molar-refractivity contribution in [3.8, 4) is 0 Å². The summed E-state index contributed by atoms with van der Waals surface area (Å²) in [5, 5.41) is 1.33. The lowest BCUT2D eigenvalue weighted by atomic mass is 10.1. The second-order valence-corrected chi connectivity index (χ2v) is 4.51. The van der Waals surface area contributed by atoms with Crippen LogP contribution in [0.4, 0.5) is 0 Å². The Hall–Kier alpha value is -1.28. The van der Waals surface area contributed by atoms with Crippen LogP contribution >= 0.6 is 0 Å². The molecule has 1 aromatic heterocycles. The van der Waals surface area contributed by atoms with Gasteiger partial charge in [0.15, 0.2) is 0 Å². The number of hydrogen-bond donors (Lipinski definition) is 1. The molecular formula is C14H20N2. The fourth-order valence-electron chi connectivity index (χ4n) is 2.29. The Labute approximate surface area is 97.1 Å². The van der Waals surface area contributed by atoms with Crippen LogP contribution in [0.5, 0.6) is 0 Å². The van der Waals surface area contributed by atoms with Crippen LogP contribution in [0.3, 0.4) is 0 Å². The van der Waals surface area contributed by atoms with Gasteiger partial charge in [-0.05, 0) is 32.0 Å². The molecule has 1 atom stereocenters. The van der Waals surface area contributed by atoms with Gasteiger partial charge >= 0.3 is 0 Å². The first-order valence-electron chi connectivity index (χ1n) is 5.97. The molecule has 2 heteroatoms. The minimum absolute atomic E-state index is 0.424. The number of benzene rings is 1. The average Bonchev–Trinajstić information content (AvgIpc) is 2.65. The molecule has 0 amide bonds. The van der Waals surface area contributed by atoms with Crippen LogP contribution in [0.2, 0.25) is 0 Å². The minimum atomic E-state index is 0.424. The van der Waals surface area contributed by atoms with E-state index in [0.717, 1.165) is 6.54 Å².